The quantitative estimate of drug-likeness (QED) is 0.281. The topological polar surface area (TPSA) is 135 Å². The average molecular weight is 529 g/mol. The second-order valence-corrected chi connectivity index (χ2v) is 9.38. The zero-order chi connectivity index (χ0) is 27.2. The van der Waals surface area contributed by atoms with Crippen molar-refractivity contribution in [3.05, 3.63) is 83.8 Å². The Morgan fingerprint density at radius 2 is 1.87 bits per heavy atom. The van der Waals surface area contributed by atoms with Crippen molar-refractivity contribution in [1.82, 2.24) is 30.4 Å². The first-order chi connectivity index (χ1) is 19.0. The van der Waals surface area contributed by atoms with Crippen LogP contribution in [-0.2, 0) is 13.0 Å². The van der Waals surface area contributed by atoms with E-state index in [1.54, 1.807) is 17.1 Å². The number of nitrogens with two attached hydrogens (primary N) is 2. The molecule has 0 bridgehead atoms. The van der Waals surface area contributed by atoms with Gasteiger partial charge in [0.15, 0.2) is 11.6 Å². The summed E-state index contributed by atoms with van der Waals surface area (Å²) in [4.78, 5) is 15.2. The smallest absolute Gasteiger partial charge is 0.161 e. The summed E-state index contributed by atoms with van der Waals surface area (Å²) in [7, 11) is 0. The Hall–Kier alpha value is -4.19. The van der Waals surface area contributed by atoms with E-state index in [0.29, 0.717) is 29.7 Å². The number of hydrogen-bond donors (Lipinski definition) is 4. The van der Waals surface area contributed by atoms with E-state index in [2.05, 4.69) is 32.4 Å². The highest BCUT2D eigenvalue weighted by Crippen LogP contribution is 2.39. The van der Waals surface area contributed by atoms with Gasteiger partial charge >= 0.3 is 0 Å². The van der Waals surface area contributed by atoms with E-state index in [1.165, 1.54) is 0 Å². The van der Waals surface area contributed by atoms with Crippen molar-refractivity contribution in [3.8, 4) is 5.82 Å². The van der Waals surface area contributed by atoms with Gasteiger partial charge < -0.3 is 27.0 Å². The lowest BCUT2D eigenvalue weighted by Gasteiger charge is -2.26. The predicted molar refractivity (Wildman–Crippen MR) is 153 cm³/mol. The van der Waals surface area contributed by atoms with E-state index in [9.17, 15) is 4.39 Å². The van der Waals surface area contributed by atoms with Crippen molar-refractivity contribution in [2.75, 3.05) is 36.8 Å². The third kappa shape index (κ3) is 5.95. The molecule has 6 N–H and O–H groups in total. The molecule has 39 heavy (non-hydrogen) atoms. The van der Waals surface area contributed by atoms with Gasteiger partial charge in [-0.2, -0.15) is 5.10 Å². The lowest BCUT2D eigenvalue weighted by Crippen LogP contribution is -2.39. The monoisotopic (exact) mass is 528 g/mol. The van der Waals surface area contributed by atoms with E-state index in [1.807, 2.05) is 59.6 Å². The van der Waals surface area contributed by atoms with Gasteiger partial charge in [0.25, 0.3) is 0 Å². The van der Waals surface area contributed by atoms with Crippen LogP contribution < -0.4 is 27.0 Å². The molecule has 2 aliphatic rings. The molecule has 0 radical (unpaired) electrons. The summed E-state index contributed by atoms with van der Waals surface area (Å²) >= 11 is 0. The standard InChI is InChI=1S/C24H23FN8.C4H10N2/c1-28-20-7-8-21(33-11-3-10-30-33)31-24(20)32(14-15-4-2-9-29-23(15)27)17-5-6-18-16(12-17)13-19(25)22(18)26;1-2-6-4-3-5-1/h2-12,19,22H,1,13-14,26H2,(H2,27,29);5-6H,1-4H2. The number of benzene rings is 1. The summed E-state index contributed by atoms with van der Waals surface area (Å²) in [6.45, 7) is 8.65. The Kier molecular flexibility index (Phi) is 8.21. The molecule has 0 amide bonds. The third-order valence-electron chi connectivity index (χ3n) is 6.82. The molecule has 4 heterocycles. The van der Waals surface area contributed by atoms with Gasteiger partial charge in [-0.1, -0.05) is 12.1 Å². The summed E-state index contributed by atoms with van der Waals surface area (Å²) < 4.78 is 16.0. The Morgan fingerprint density at radius 1 is 1.08 bits per heavy atom. The van der Waals surface area contributed by atoms with E-state index >= 15 is 0 Å². The maximum absolute atomic E-state index is 14.3. The third-order valence-corrected chi connectivity index (χ3v) is 6.82. The van der Waals surface area contributed by atoms with E-state index in [4.69, 9.17) is 16.5 Å². The van der Waals surface area contributed by atoms with Crippen molar-refractivity contribution >= 4 is 29.7 Å². The number of anilines is 3. The molecule has 6 rings (SSSR count). The van der Waals surface area contributed by atoms with Gasteiger partial charge in [0.05, 0.1) is 12.6 Å². The molecule has 1 aromatic carbocycles. The highest BCUT2D eigenvalue weighted by molar-refractivity contribution is 5.74. The number of nitrogens with one attached hydrogen (secondary N) is 2. The van der Waals surface area contributed by atoms with Gasteiger partial charge in [0.2, 0.25) is 0 Å². The molecule has 1 aliphatic heterocycles. The molecule has 202 valence electrons. The summed E-state index contributed by atoms with van der Waals surface area (Å²) in [6, 6.07) is 14.4. The average Bonchev–Trinajstić information content (AvgIpc) is 3.62. The molecule has 11 heteroatoms. The first-order valence-electron chi connectivity index (χ1n) is 12.9. The van der Waals surface area contributed by atoms with Gasteiger partial charge in [-0.25, -0.2) is 19.0 Å². The molecule has 0 saturated carbocycles. The van der Waals surface area contributed by atoms with E-state index in [-0.39, 0.29) is 6.42 Å². The minimum atomic E-state index is -1.09. The molecule has 0 spiro atoms. The molecule has 4 aromatic rings. The van der Waals surface area contributed by atoms with Crippen LogP contribution in [-0.4, -0.2) is 58.8 Å². The van der Waals surface area contributed by atoms with E-state index < -0.39 is 12.2 Å². The van der Waals surface area contributed by atoms with Crippen LogP contribution in [0.5, 0.6) is 0 Å². The number of aromatic nitrogens is 4. The van der Waals surface area contributed by atoms with Gasteiger partial charge in [0.1, 0.15) is 17.7 Å². The minimum Gasteiger partial charge on any atom is -0.383 e. The molecule has 3 aromatic heterocycles. The summed E-state index contributed by atoms with van der Waals surface area (Å²) in [6.07, 6.45) is 4.33. The number of piperazine rings is 1. The number of fused-ring (bicyclic) bond motifs is 1. The Morgan fingerprint density at radius 3 is 2.54 bits per heavy atom. The van der Waals surface area contributed by atoms with Crippen LogP contribution in [0.4, 0.5) is 27.4 Å². The van der Waals surface area contributed by atoms with Crippen molar-refractivity contribution in [1.29, 1.82) is 0 Å². The first-order valence-corrected chi connectivity index (χ1v) is 12.9. The summed E-state index contributed by atoms with van der Waals surface area (Å²) in [5.74, 6) is 1.62. The highest BCUT2D eigenvalue weighted by atomic mass is 19.1. The lowest BCUT2D eigenvalue weighted by molar-refractivity contribution is 0.303. The lowest BCUT2D eigenvalue weighted by atomic mass is 10.1. The molecule has 1 saturated heterocycles. The minimum absolute atomic E-state index is 0.278. The maximum atomic E-state index is 14.3. The van der Waals surface area contributed by atoms with Crippen LogP contribution in [0.2, 0.25) is 0 Å². The summed E-state index contributed by atoms with van der Waals surface area (Å²) in [5.41, 5.74) is 16.1. The number of nitrogens with zero attached hydrogens (tertiary/aromatic N) is 6. The largest absolute Gasteiger partial charge is 0.383 e. The van der Waals surface area contributed by atoms with Crippen LogP contribution in [0.3, 0.4) is 0 Å². The molecule has 2 unspecified atom stereocenters. The number of alkyl halides is 1. The van der Waals surface area contributed by atoms with Crippen molar-refractivity contribution < 1.29 is 4.39 Å². The van der Waals surface area contributed by atoms with E-state index in [0.717, 1.165) is 48.6 Å². The molecule has 10 nitrogen and oxygen atoms in total. The molecular weight excluding hydrogens is 495 g/mol. The predicted octanol–water partition coefficient (Wildman–Crippen LogP) is 2.99. The van der Waals surface area contributed by atoms with Gasteiger partial charge in [0, 0.05) is 62.4 Å². The van der Waals surface area contributed by atoms with Crippen molar-refractivity contribution in [3.63, 3.8) is 0 Å². The van der Waals surface area contributed by atoms with Crippen LogP contribution >= 0.6 is 0 Å². The zero-order valence-corrected chi connectivity index (χ0v) is 21.7. The fourth-order valence-corrected chi connectivity index (χ4v) is 4.73. The Labute approximate surface area is 227 Å². The van der Waals surface area contributed by atoms with Crippen LogP contribution in [0, 0.1) is 0 Å². The Bertz CT molecular complexity index is 1390. The van der Waals surface area contributed by atoms with Gasteiger partial charge in [-0.15, -0.1) is 0 Å². The first kappa shape index (κ1) is 26.4. The highest BCUT2D eigenvalue weighted by Gasteiger charge is 2.30. The fraction of sp³-hybridized carbons (Fsp3) is 0.286. The number of nitrogen functional groups attached to an aromatic ring is 1. The normalized spacial score (nSPS) is 18.1. The van der Waals surface area contributed by atoms with Crippen LogP contribution in [0.15, 0.2) is 72.1 Å². The number of aliphatic imine (C=N–C) groups is 1. The van der Waals surface area contributed by atoms with Gasteiger partial charge in [-0.05, 0) is 54.2 Å². The molecular formula is C28H33FN10. The second kappa shape index (κ2) is 12.1. The van der Waals surface area contributed by atoms with Crippen molar-refractivity contribution in [2.45, 2.75) is 25.2 Å². The number of halogens is 1. The number of hydrogen-bond acceptors (Lipinski definition) is 9. The molecule has 1 fully saturated rings. The van der Waals surface area contributed by atoms with Crippen molar-refractivity contribution in [2.24, 2.45) is 10.7 Å². The van der Waals surface area contributed by atoms with Crippen LogP contribution in [0.1, 0.15) is 22.7 Å². The zero-order valence-electron chi connectivity index (χ0n) is 21.7. The fourth-order valence-electron chi connectivity index (χ4n) is 4.73. The molecule has 2 atom stereocenters. The maximum Gasteiger partial charge on any atom is 0.161 e. The SMILES string of the molecule is C1CNCCN1.C=Nc1ccc(-n2cccn2)nc1N(Cc1cccnc1N)c1ccc2c(c1)CC(F)C2N. The Balaban J connectivity index is 0.000000455. The van der Waals surface area contributed by atoms with Crippen LogP contribution in [0.25, 0.3) is 5.82 Å². The summed E-state index contributed by atoms with van der Waals surface area (Å²) in [5, 5.41) is 10.7. The molecule has 1 aliphatic carbocycles. The second-order valence-electron chi connectivity index (χ2n) is 9.38. The van der Waals surface area contributed by atoms with Gasteiger partial charge in [-0.3, -0.25) is 4.99 Å². The number of rotatable bonds is 6. The number of pyridine rings is 2.